The zero-order chi connectivity index (χ0) is 12.3. The molecular formula is C13H11ClFN2. The molecule has 1 radical (unpaired) electrons. The second-order valence-corrected chi connectivity index (χ2v) is 4.04. The Kier molecular flexibility index (Phi) is 3.49. The van der Waals surface area contributed by atoms with Crippen molar-refractivity contribution >= 4 is 23.0 Å². The zero-order valence-electron chi connectivity index (χ0n) is 9.00. The van der Waals surface area contributed by atoms with Crippen molar-refractivity contribution < 1.29 is 4.39 Å². The number of nitrogen functional groups attached to an aromatic ring is 1. The monoisotopic (exact) mass is 249 g/mol. The highest BCUT2D eigenvalue weighted by atomic mass is 35.5. The fourth-order valence-electron chi connectivity index (χ4n) is 1.45. The second-order valence-electron chi connectivity index (χ2n) is 3.63. The summed E-state index contributed by atoms with van der Waals surface area (Å²) in [6.45, 7) is 0.569. The molecular weight excluding hydrogens is 239 g/mol. The summed E-state index contributed by atoms with van der Waals surface area (Å²) >= 11 is 5.60. The number of benzene rings is 2. The molecule has 17 heavy (non-hydrogen) atoms. The van der Waals surface area contributed by atoms with Crippen LogP contribution in [-0.4, -0.2) is 0 Å². The van der Waals surface area contributed by atoms with Crippen molar-refractivity contribution in [1.29, 1.82) is 0 Å². The molecule has 0 atom stereocenters. The molecule has 4 heteroatoms. The SMILES string of the molecule is Nc1[c]ccc(CNc2ccc(Cl)c(F)c2)c1. The van der Waals surface area contributed by atoms with Gasteiger partial charge < -0.3 is 11.1 Å². The fourth-order valence-corrected chi connectivity index (χ4v) is 1.57. The molecule has 2 rings (SSSR count). The van der Waals surface area contributed by atoms with Crippen LogP contribution in [0.4, 0.5) is 15.8 Å². The summed E-state index contributed by atoms with van der Waals surface area (Å²) in [7, 11) is 0. The van der Waals surface area contributed by atoms with E-state index in [4.69, 9.17) is 17.3 Å². The first-order valence-corrected chi connectivity index (χ1v) is 5.48. The van der Waals surface area contributed by atoms with Crippen LogP contribution in [0, 0.1) is 11.9 Å². The van der Waals surface area contributed by atoms with Gasteiger partial charge in [-0.15, -0.1) is 0 Å². The standard InChI is InChI=1S/C13H11ClFN2/c14-12-5-4-11(7-13(12)15)17-8-9-2-1-3-10(16)6-9/h1-2,4-7,17H,8,16H2. The molecule has 0 aromatic heterocycles. The maximum absolute atomic E-state index is 13.2. The molecule has 2 nitrogen and oxygen atoms in total. The minimum Gasteiger partial charge on any atom is -0.398 e. The molecule has 0 amide bonds. The van der Waals surface area contributed by atoms with E-state index in [2.05, 4.69) is 11.4 Å². The van der Waals surface area contributed by atoms with Gasteiger partial charge in [0.05, 0.1) is 5.02 Å². The highest BCUT2D eigenvalue weighted by Crippen LogP contribution is 2.19. The number of rotatable bonds is 3. The smallest absolute Gasteiger partial charge is 0.143 e. The Balaban J connectivity index is 2.05. The van der Waals surface area contributed by atoms with Crippen LogP contribution in [0.15, 0.2) is 36.4 Å². The van der Waals surface area contributed by atoms with Gasteiger partial charge in [0.1, 0.15) is 5.82 Å². The Morgan fingerprint density at radius 1 is 1.29 bits per heavy atom. The lowest BCUT2D eigenvalue weighted by atomic mass is 10.2. The number of hydrogen-bond donors (Lipinski definition) is 2. The van der Waals surface area contributed by atoms with E-state index in [1.807, 2.05) is 12.1 Å². The molecule has 0 saturated heterocycles. The number of nitrogens with two attached hydrogens (primary N) is 1. The summed E-state index contributed by atoms with van der Waals surface area (Å²) in [5.41, 5.74) is 7.89. The molecule has 2 aromatic rings. The second kappa shape index (κ2) is 5.06. The molecule has 2 aromatic carbocycles. The lowest BCUT2D eigenvalue weighted by molar-refractivity contribution is 0.628. The summed E-state index contributed by atoms with van der Waals surface area (Å²) in [4.78, 5) is 0. The first-order valence-electron chi connectivity index (χ1n) is 5.10. The van der Waals surface area contributed by atoms with E-state index in [-0.39, 0.29) is 5.02 Å². The molecule has 87 valence electrons. The summed E-state index contributed by atoms with van der Waals surface area (Å²) in [5.74, 6) is -0.433. The average Bonchev–Trinajstić information content (AvgIpc) is 2.31. The highest BCUT2D eigenvalue weighted by Gasteiger charge is 2.00. The van der Waals surface area contributed by atoms with Gasteiger partial charge >= 0.3 is 0 Å². The summed E-state index contributed by atoms with van der Waals surface area (Å²) in [6.07, 6.45) is 0. The van der Waals surface area contributed by atoms with Crippen molar-refractivity contribution in [2.75, 3.05) is 11.1 Å². The topological polar surface area (TPSA) is 38.0 Å². The van der Waals surface area contributed by atoms with E-state index in [1.54, 1.807) is 12.1 Å². The van der Waals surface area contributed by atoms with Crippen molar-refractivity contribution in [3.63, 3.8) is 0 Å². The molecule has 0 aliphatic carbocycles. The molecule has 0 aliphatic rings. The summed E-state index contributed by atoms with van der Waals surface area (Å²) < 4.78 is 13.2. The Morgan fingerprint density at radius 3 is 2.82 bits per heavy atom. The molecule has 0 saturated carbocycles. The third kappa shape index (κ3) is 3.11. The van der Waals surface area contributed by atoms with Gasteiger partial charge in [-0.05, 0) is 29.8 Å². The Labute approximate surface area is 104 Å². The van der Waals surface area contributed by atoms with Crippen molar-refractivity contribution in [3.8, 4) is 0 Å². The average molecular weight is 250 g/mol. The predicted molar refractivity (Wildman–Crippen MR) is 68.4 cm³/mol. The molecule has 0 heterocycles. The Bertz CT molecular complexity index is 529. The van der Waals surface area contributed by atoms with Crippen molar-refractivity contribution in [3.05, 3.63) is 58.9 Å². The zero-order valence-corrected chi connectivity index (χ0v) is 9.76. The third-order valence-electron chi connectivity index (χ3n) is 2.30. The first-order chi connectivity index (χ1) is 8.15. The van der Waals surface area contributed by atoms with Crippen LogP contribution >= 0.6 is 11.6 Å². The van der Waals surface area contributed by atoms with E-state index < -0.39 is 5.82 Å². The largest absolute Gasteiger partial charge is 0.398 e. The molecule has 0 bridgehead atoms. The van der Waals surface area contributed by atoms with Crippen LogP contribution in [0.3, 0.4) is 0 Å². The molecule has 0 unspecified atom stereocenters. The lowest BCUT2D eigenvalue weighted by Crippen LogP contribution is -2.00. The minimum absolute atomic E-state index is 0.120. The summed E-state index contributed by atoms with van der Waals surface area (Å²) in [6, 6.07) is 12.9. The molecule has 3 N–H and O–H groups in total. The lowest BCUT2D eigenvalue weighted by Gasteiger charge is -2.07. The van der Waals surface area contributed by atoms with E-state index in [0.717, 1.165) is 5.56 Å². The van der Waals surface area contributed by atoms with Gasteiger partial charge in [-0.2, -0.15) is 0 Å². The van der Waals surface area contributed by atoms with Crippen LogP contribution in [0.25, 0.3) is 0 Å². The maximum Gasteiger partial charge on any atom is 0.143 e. The minimum atomic E-state index is -0.433. The summed E-state index contributed by atoms with van der Waals surface area (Å²) in [5, 5.41) is 3.21. The quantitative estimate of drug-likeness (QED) is 0.818. The van der Waals surface area contributed by atoms with E-state index in [0.29, 0.717) is 17.9 Å². The van der Waals surface area contributed by atoms with Crippen molar-refractivity contribution in [2.24, 2.45) is 0 Å². The normalized spacial score (nSPS) is 10.2. The highest BCUT2D eigenvalue weighted by molar-refractivity contribution is 6.30. The number of halogens is 2. The third-order valence-corrected chi connectivity index (χ3v) is 2.61. The van der Waals surface area contributed by atoms with E-state index in [9.17, 15) is 4.39 Å². The molecule has 0 aliphatic heterocycles. The van der Waals surface area contributed by atoms with Crippen molar-refractivity contribution in [1.82, 2.24) is 0 Å². The Morgan fingerprint density at radius 2 is 2.12 bits per heavy atom. The van der Waals surface area contributed by atoms with Crippen LogP contribution in [0.5, 0.6) is 0 Å². The van der Waals surface area contributed by atoms with Crippen LogP contribution in [0.1, 0.15) is 5.56 Å². The number of anilines is 2. The number of hydrogen-bond acceptors (Lipinski definition) is 2. The first kappa shape index (κ1) is 11.7. The van der Waals surface area contributed by atoms with Gasteiger partial charge in [0.25, 0.3) is 0 Å². The van der Waals surface area contributed by atoms with Crippen LogP contribution < -0.4 is 11.1 Å². The van der Waals surface area contributed by atoms with Gasteiger partial charge in [-0.1, -0.05) is 23.7 Å². The van der Waals surface area contributed by atoms with Gasteiger partial charge in [0.2, 0.25) is 0 Å². The Hall–Kier alpha value is -1.74. The van der Waals surface area contributed by atoms with Crippen LogP contribution in [0.2, 0.25) is 5.02 Å². The van der Waals surface area contributed by atoms with Crippen molar-refractivity contribution in [2.45, 2.75) is 6.54 Å². The van der Waals surface area contributed by atoms with Crippen LogP contribution in [-0.2, 0) is 6.54 Å². The fraction of sp³-hybridized carbons (Fsp3) is 0.0769. The van der Waals surface area contributed by atoms with E-state index in [1.165, 1.54) is 12.1 Å². The van der Waals surface area contributed by atoms with E-state index >= 15 is 0 Å². The number of nitrogens with one attached hydrogen (secondary N) is 1. The van der Waals surface area contributed by atoms with Gasteiger partial charge in [-0.3, -0.25) is 0 Å². The van der Waals surface area contributed by atoms with Gasteiger partial charge in [-0.25, -0.2) is 4.39 Å². The molecule has 0 fully saturated rings. The predicted octanol–water partition coefficient (Wildman–Crippen LogP) is 3.47. The van der Waals surface area contributed by atoms with Gasteiger partial charge in [0, 0.05) is 24.0 Å². The van der Waals surface area contributed by atoms with Gasteiger partial charge in [0.15, 0.2) is 0 Å². The molecule has 0 spiro atoms. The maximum atomic E-state index is 13.2.